The third-order valence-electron chi connectivity index (χ3n) is 4.29. The van der Waals surface area contributed by atoms with Gasteiger partial charge in [-0.1, -0.05) is 0 Å². The number of fused-ring (bicyclic) bond motifs is 1. The van der Waals surface area contributed by atoms with Gasteiger partial charge in [0.15, 0.2) is 0 Å². The van der Waals surface area contributed by atoms with Crippen molar-refractivity contribution in [2.24, 2.45) is 0 Å². The lowest BCUT2D eigenvalue weighted by atomic mass is 10.2. The molecule has 1 aliphatic carbocycles. The molecule has 2 heterocycles. The number of nitrogens with zero attached hydrogens (tertiary/aromatic N) is 2. The predicted molar refractivity (Wildman–Crippen MR) is 95.9 cm³/mol. The number of ether oxygens (including phenoxy) is 1. The first-order valence-electron chi connectivity index (χ1n) is 8.43. The lowest BCUT2D eigenvalue weighted by Crippen LogP contribution is -2.30. The number of benzene rings is 1. The molecule has 3 aromatic rings. The van der Waals surface area contributed by atoms with Crippen molar-refractivity contribution in [3.05, 3.63) is 62.9 Å². The Bertz CT molecular complexity index is 1170. The van der Waals surface area contributed by atoms with Crippen molar-refractivity contribution in [2.75, 3.05) is 5.32 Å². The number of hydrogen-bond acceptors (Lipinski definition) is 5. The Labute approximate surface area is 155 Å². The summed E-state index contributed by atoms with van der Waals surface area (Å²) in [5.41, 5.74) is -0.430. The van der Waals surface area contributed by atoms with Crippen LogP contribution < -0.4 is 21.3 Å². The van der Waals surface area contributed by atoms with Crippen LogP contribution in [0.25, 0.3) is 11.0 Å². The van der Waals surface area contributed by atoms with E-state index < -0.39 is 23.8 Å². The number of hydrogen-bond donors (Lipinski definition) is 2. The molecule has 1 fully saturated rings. The second-order valence-electron chi connectivity index (χ2n) is 6.31. The summed E-state index contributed by atoms with van der Waals surface area (Å²) < 4.78 is 30.0. The fourth-order valence-electron chi connectivity index (χ4n) is 2.86. The number of rotatable bonds is 5. The number of pyridine rings is 1. The highest BCUT2D eigenvalue weighted by Gasteiger charge is 2.27. The summed E-state index contributed by atoms with van der Waals surface area (Å²) in [4.78, 5) is 43.0. The average molecular weight is 388 g/mol. The van der Waals surface area contributed by atoms with Crippen LogP contribution in [-0.2, 0) is 0 Å². The number of carbonyl (C=O) groups is 1. The number of anilines is 1. The van der Waals surface area contributed by atoms with Crippen molar-refractivity contribution in [1.82, 2.24) is 14.5 Å². The fourth-order valence-corrected chi connectivity index (χ4v) is 2.86. The van der Waals surface area contributed by atoms with Gasteiger partial charge in [0.25, 0.3) is 11.5 Å². The first-order valence-corrected chi connectivity index (χ1v) is 8.43. The summed E-state index contributed by atoms with van der Waals surface area (Å²) in [6.07, 6.45) is 2.94. The van der Waals surface area contributed by atoms with E-state index in [9.17, 15) is 23.2 Å². The molecule has 2 N–H and O–H groups in total. The van der Waals surface area contributed by atoms with Crippen molar-refractivity contribution in [2.45, 2.75) is 25.5 Å². The molecule has 0 aliphatic heterocycles. The lowest BCUT2D eigenvalue weighted by molar-refractivity contribution is -0.0498. The normalized spacial score (nSPS) is 13.7. The third-order valence-corrected chi connectivity index (χ3v) is 4.29. The van der Waals surface area contributed by atoms with Gasteiger partial charge in [-0.15, -0.1) is 0 Å². The van der Waals surface area contributed by atoms with Crippen LogP contribution in [0.1, 0.15) is 29.2 Å². The van der Waals surface area contributed by atoms with Crippen molar-refractivity contribution in [1.29, 1.82) is 0 Å². The highest BCUT2D eigenvalue weighted by Crippen LogP contribution is 2.34. The largest absolute Gasteiger partial charge is 0.435 e. The van der Waals surface area contributed by atoms with E-state index in [1.165, 1.54) is 41.1 Å². The number of aromatic nitrogens is 3. The summed E-state index contributed by atoms with van der Waals surface area (Å²) in [5, 5.41) is 2.72. The standard InChI is InChI=1S/C18H14F2N4O4/c19-17(20)28-12-5-1-10(2-6-12)22-15(25)9-7-13-14(21-8-9)24(11-3-4-11)18(27)23-16(13)26/h1-2,5-8,11,17H,3-4H2,(H,22,25)(H,23,26,27). The number of H-pyrrole nitrogens is 1. The molecule has 0 spiro atoms. The molecule has 1 aliphatic rings. The summed E-state index contributed by atoms with van der Waals surface area (Å²) in [7, 11) is 0. The zero-order valence-corrected chi connectivity index (χ0v) is 14.3. The van der Waals surface area contributed by atoms with E-state index in [1.807, 2.05) is 0 Å². The van der Waals surface area contributed by atoms with E-state index in [4.69, 9.17) is 0 Å². The van der Waals surface area contributed by atoms with Crippen LogP contribution in [0.3, 0.4) is 0 Å². The monoisotopic (exact) mass is 388 g/mol. The average Bonchev–Trinajstić information content (AvgIpc) is 3.47. The van der Waals surface area contributed by atoms with Gasteiger partial charge in [-0.2, -0.15) is 8.78 Å². The van der Waals surface area contributed by atoms with Gasteiger partial charge in [0.1, 0.15) is 11.4 Å². The van der Waals surface area contributed by atoms with Gasteiger partial charge >= 0.3 is 12.3 Å². The number of alkyl halides is 2. The molecule has 0 saturated heterocycles. The minimum Gasteiger partial charge on any atom is -0.435 e. The quantitative estimate of drug-likeness (QED) is 0.698. The summed E-state index contributed by atoms with van der Waals surface area (Å²) in [5.74, 6) is -0.578. The smallest absolute Gasteiger partial charge is 0.387 e. The van der Waals surface area contributed by atoms with Gasteiger partial charge < -0.3 is 10.1 Å². The van der Waals surface area contributed by atoms with Crippen LogP contribution in [0.2, 0.25) is 0 Å². The molecular formula is C18H14F2N4O4. The Hall–Kier alpha value is -3.56. The van der Waals surface area contributed by atoms with Gasteiger partial charge in [0, 0.05) is 17.9 Å². The molecule has 10 heteroatoms. The van der Waals surface area contributed by atoms with Gasteiger partial charge in [-0.05, 0) is 43.2 Å². The molecule has 0 unspecified atom stereocenters. The van der Waals surface area contributed by atoms with Crippen LogP contribution in [-0.4, -0.2) is 27.1 Å². The molecule has 4 rings (SSSR count). The number of halogens is 2. The maximum atomic E-state index is 12.4. The Morgan fingerprint density at radius 1 is 1.25 bits per heavy atom. The molecule has 1 amide bonds. The molecule has 28 heavy (non-hydrogen) atoms. The highest BCUT2D eigenvalue weighted by molar-refractivity contribution is 6.05. The molecule has 0 atom stereocenters. The first kappa shape index (κ1) is 17.8. The Balaban J connectivity index is 1.61. The Morgan fingerprint density at radius 3 is 2.61 bits per heavy atom. The first-order chi connectivity index (χ1) is 13.4. The maximum absolute atomic E-state index is 12.4. The summed E-state index contributed by atoms with van der Waals surface area (Å²) >= 11 is 0. The summed E-state index contributed by atoms with van der Waals surface area (Å²) in [6, 6.07) is 6.76. The fraction of sp³-hybridized carbons (Fsp3) is 0.222. The van der Waals surface area contributed by atoms with Crippen LogP contribution in [0.5, 0.6) is 5.75 Å². The zero-order valence-electron chi connectivity index (χ0n) is 14.3. The van der Waals surface area contributed by atoms with E-state index in [0.717, 1.165) is 12.8 Å². The van der Waals surface area contributed by atoms with E-state index in [2.05, 4.69) is 20.0 Å². The Morgan fingerprint density at radius 2 is 1.96 bits per heavy atom. The second kappa shape index (κ2) is 6.87. The minimum absolute atomic E-state index is 0.00741. The number of aromatic amines is 1. The third kappa shape index (κ3) is 3.48. The molecule has 144 valence electrons. The van der Waals surface area contributed by atoms with Gasteiger partial charge in [-0.3, -0.25) is 19.1 Å². The molecule has 0 bridgehead atoms. The molecule has 1 aromatic carbocycles. The molecule has 0 radical (unpaired) electrons. The van der Waals surface area contributed by atoms with Crippen LogP contribution in [0.4, 0.5) is 14.5 Å². The van der Waals surface area contributed by atoms with Gasteiger partial charge in [-0.25, -0.2) is 9.78 Å². The summed E-state index contributed by atoms with van der Waals surface area (Å²) in [6.45, 7) is -2.93. The van der Waals surface area contributed by atoms with E-state index in [1.54, 1.807) is 0 Å². The molecule has 8 nitrogen and oxygen atoms in total. The molecule has 2 aromatic heterocycles. The van der Waals surface area contributed by atoms with Crippen LogP contribution in [0.15, 0.2) is 46.1 Å². The second-order valence-corrected chi connectivity index (χ2v) is 6.31. The highest BCUT2D eigenvalue weighted by atomic mass is 19.3. The van der Waals surface area contributed by atoms with Crippen molar-refractivity contribution in [3.63, 3.8) is 0 Å². The van der Waals surface area contributed by atoms with Gasteiger partial charge in [0.05, 0.1) is 10.9 Å². The van der Waals surface area contributed by atoms with E-state index >= 15 is 0 Å². The number of amides is 1. The lowest BCUT2D eigenvalue weighted by Gasteiger charge is -2.09. The van der Waals surface area contributed by atoms with Crippen LogP contribution in [0, 0.1) is 0 Å². The van der Waals surface area contributed by atoms with Crippen molar-refractivity contribution in [3.8, 4) is 5.75 Å². The number of nitrogens with one attached hydrogen (secondary N) is 2. The van der Waals surface area contributed by atoms with E-state index in [0.29, 0.717) is 5.69 Å². The number of carbonyl (C=O) groups excluding carboxylic acids is 1. The van der Waals surface area contributed by atoms with E-state index in [-0.39, 0.29) is 28.4 Å². The molecule has 1 saturated carbocycles. The topological polar surface area (TPSA) is 106 Å². The van der Waals surface area contributed by atoms with Crippen molar-refractivity contribution < 1.29 is 18.3 Å². The zero-order chi connectivity index (χ0) is 19.8. The molecular weight excluding hydrogens is 374 g/mol. The minimum atomic E-state index is -2.93. The predicted octanol–water partition coefficient (Wildman–Crippen LogP) is 2.27. The van der Waals surface area contributed by atoms with Crippen molar-refractivity contribution >= 4 is 22.6 Å². The van der Waals surface area contributed by atoms with Crippen LogP contribution >= 0.6 is 0 Å². The van der Waals surface area contributed by atoms with Gasteiger partial charge in [0.2, 0.25) is 0 Å². The Kier molecular flexibility index (Phi) is 4.38. The maximum Gasteiger partial charge on any atom is 0.387 e. The SMILES string of the molecule is O=C(Nc1ccc(OC(F)F)cc1)c1cnc2c(c1)c(=O)[nH]c(=O)n2C1CC1.